The van der Waals surface area contributed by atoms with Crippen LogP contribution in [0.15, 0.2) is 24.3 Å². The van der Waals surface area contributed by atoms with E-state index in [1.807, 2.05) is 6.07 Å². The minimum Gasteiger partial charge on any atom is -0.459 e. The first-order valence-electron chi connectivity index (χ1n) is 6.90. The van der Waals surface area contributed by atoms with Crippen molar-refractivity contribution in [1.82, 2.24) is 4.98 Å². The molecule has 0 unspecified atom stereocenters. The van der Waals surface area contributed by atoms with Gasteiger partial charge in [-0.15, -0.1) is 0 Å². The molecule has 0 saturated heterocycles. The molecule has 2 rings (SSSR count). The van der Waals surface area contributed by atoms with Gasteiger partial charge in [-0.2, -0.15) is 5.26 Å². The molecule has 1 aromatic heterocycles. The van der Waals surface area contributed by atoms with Gasteiger partial charge in [0.1, 0.15) is 4.88 Å². The molecule has 1 aromatic carbocycles. The van der Waals surface area contributed by atoms with Gasteiger partial charge in [-0.25, -0.2) is 9.78 Å². The number of aryl methyl sites for hydroxylation is 1. The van der Waals surface area contributed by atoms with Crippen molar-refractivity contribution in [2.75, 3.05) is 5.32 Å². The van der Waals surface area contributed by atoms with E-state index in [9.17, 15) is 9.59 Å². The van der Waals surface area contributed by atoms with Gasteiger partial charge in [0.05, 0.1) is 23.4 Å². The summed E-state index contributed by atoms with van der Waals surface area (Å²) in [5.41, 5.74) is 1.25. The minimum absolute atomic E-state index is 0.226. The van der Waals surface area contributed by atoms with Crippen molar-refractivity contribution in [3.05, 3.63) is 46.0 Å². The first-order valence-corrected chi connectivity index (χ1v) is 7.72. The molecule has 0 aliphatic carbocycles. The SMILES string of the molecule is Cc1nc(NC(=O)c2cccc(C#N)c2)sc1C(=O)OC(C)C. The lowest BCUT2D eigenvalue weighted by Gasteiger charge is -2.05. The summed E-state index contributed by atoms with van der Waals surface area (Å²) in [6, 6.07) is 8.32. The van der Waals surface area contributed by atoms with Crippen LogP contribution in [0.4, 0.5) is 5.13 Å². The van der Waals surface area contributed by atoms with E-state index < -0.39 is 5.97 Å². The summed E-state index contributed by atoms with van der Waals surface area (Å²) in [5, 5.41) is 11.8. The Labute approximate surface area is 137 Å². The van der Waals surface area contributed by atoms with E-state index in [1.165, 1.54) is 6.07 Å². The average molecular weight is 329 g/mol. The lowest BCUT2D eigenvalue weighted by atomic mass is 10.1. The first kappa shape index (κ1) is 16.6. The summed E-state index contributed by atoms with van der Waals surface area (Å²) in [6.07, 6.45) is -0.226. The van der Waals surface area contributed by atoms with Crippen molar-refractivity contribution in [3.8, 4) is 6.07 Å². The molecule has 0 fully saturated rings. The monoisotopic (exact) mass is 329 g/mol. The van der Waals surface area contributed by atoms with Crippen LogP contribution in [0.5, 0.6) is 0 Å². The molecule has 6 nitrogen and oxygen atoms in total. The summed E-state index contributed by atoms with van der Waals surface area (Å²) in [7, 11) is 0. The predicted octanol–water partition coefficient (Wildman–Crippen LogP) is 3.14. The van der Waals surface area contributed by atoms with Crippen LogP contribution in [0.2, 0.25) is 0 Å². The van der Waals surface area contributed by atoms with Crippen LogP contribution in [0.25, 0.3) is 0 Å². The highest BCUT2D eigenvalue weighted by atomic mass is 32.1. The molecule has 1 amide bonds. The third kappa shape index (κ3) is 4.14. The van der Waals surface area contributed by atoms with E-state index in [2.05, 4.69) is 10.3 Å². The molecule has 0 aliphatic heterocycles. The van der Waals surface area contributed by atoms with Gasteiger partial charge in [0.25, 0.3) is 5.91 Å². The number of nitrogens with one attached hydrogen (secondary N) is 1. The van der Waals surface area contributed by atoms with E-state index in [0.717, 1.165) is 11.3 Å². The number of esters is 1. The maximum absolute atomic E-state index is 12.2. The molecule has 0 saturated carbocycles. The smallest absolute Gasteiger partial charge is 0.350 e. The van der Waals surface area contributed by atoms with Crippen LogP contribution in [0.3, 0.4) is 0 Å². The Kier molecular flexibility index (Phi) is 5.09. The average Bonchev–Trinajstić information content (AvgIpc) is 2.87. The van der Waals surface area contributed by atoms with Crippen molar-refractivity contribution >= 4 is 28.3 Å². The topological polar surface area (TPSA) is 92.1 Å². The number of hydrogen-bond acceptors (Lipinski definition) is 6. The summed E-state index contributed by atoms with van der Waals surface area (Å²) in [5.74, 6) is -0.846. The standard InChI is InChI=1S/C16H15N3O3S/c1-9(2)22-15(21)13-10(3)18-16(23-13)19-14(20)12-6-4-5-11(7-12)8-17/h4-7,9H,1-3H3,(H,18,19,20). The number of hydrogen-bond donors (Lipinski definition) is 1. The number of nitrogens with zero attached hydrogens (tertiary/aromatic N) is 2. The maximum atomic E-state index is 12.2. The van der Waals surface area contributed by atoms with Crippen LogP contribution in [-0.2, 0) is 4.74 Å². The number of rotatable bonds is 4. The molecular weight excluding hydrogens is 314 g/mol. The molecule has 1 N–H and O–H groups in total. The van der Waals surface area contributed by atoms with Crippen molar-refractivity contribution in [3.63, 3.8) is 0 Å². The van der Waals surface area contributed by atoms with Crippen LogP contribution in [0, 0.1) is 18.3 Å². The molecule has 0 bridgehead atoms. The fourth-order valence-corrected chi connectivity index (χ4v) is 2.65. The van der Waals surface area contributed by atoms with Crippen molar-refractivity contribution in [1.29, 1.82) is 5.26 Å². The molecule has 0 radical (unpaired) electrons. The molecular formula is C16H15N3O3S. The number of anilines is 1. The number of aromatic nitrogens is 1. The van der Waals surface area contributed by atoms with Crippen molar-refractivity contribution < 1.29 is 14.3 Å². The molecule has 0 atom stereocenters. The quantitative estimate of drug-likeness (QED) is 0.870. The zero-order valence-electron chi connectivity index (χ0n) is 12.9. The molecule has 23 heavy (non-hydrogen) atoms. The number of benzene rings is 1. The highest BCUT2D eigenvalue weighted by Crippen LogP contribution is 2.24. The van der Waals surface area contributed by atoms with E-state index >= 15 is 0 Å². The molecule has 2 aromatic rings. The second-order valence-corrected chi connectivity index (χ2v) is 6.03. The van der Waals surface area contributed by atoms with Gasteiger partial charge in [0.15, 0.2) is 5.13 Å². The van der Waals surface area contributed by atoms with Gasteiger partial charge in [-0.1, -0.05) is 17.4 Å². The van der Waals surface area contributed by atoms with Crippen LogP contribution < -0.4 is 5.32 Å². The van der Waals surface area contributed by atoms with Gasteiger partial charge in [-0.05, 0) is 39.0 Å². The molecule has 7 heteroatoms. The Morgan fingerprint density at radius 3 is 2.78 bits per heavy atom. The summed E-state index contributed by atoms with van der Waals surface area (Å²) in [4.78, 5) is 28.6. The Hall–Kier alpha value is -2.72. The largest absolute Gasteiger partial charge is 0.459 e. The third-order valence-electron chi connectivity index (χ3n) is 2.80. The fraction of sp³-hybridized carbons (Fsp3) is 0.250. The number of carbonyl (C=O) groups excluding carboxylic acids is 2. The predicted molar refractivity (Wildman–Crippen MR) is 86.5 cm³/mol. The highest BCUT2D eigenvalue weighted by Gasteiger charge is 2.19. The van der Waals surface area contributed by atoms with Gasteiger partial charge in [-0.3, -0.25) is 10.1 Å². The van der Waals surface area contributed by atoms with E-state index in [1.54, 1.807) is 39.0 Å². The van der Waals surface area contributed by atoms with E-state index in [-0.39, 0.29) is 12.0 Å². The van der Waals surface area contributed by atoms with Gasteiger partial charge >= 0.3 is 5.97 Å². The number of amides is 1. The van der Waals surface area contributed by atoms with Gasteiger partial charge in [0, 0.05) is 5.56 Å². The summed E-state index contributed by atoms with van der Waals surface area (Å²) >= 11 is 1.06. The van der Waals surface area contributed by atoms with Gasteiger partial charge < -0.3 is 4.74 Å². The van der Waals surface area contributed by atoms with E-state index in [4.69, 9.17) is 10.00 Å². The Morgan fingerprint density at radius 2 is 2.13 bits per heavy atom. The maximum Gasteiger partial charge on any atom is 0.350 e. The number of thiazole rings is 1. The highest BCUT2D eigenvalue weighted by molar-refractivity contribution is 7.17. The lowest BCUT2D eigenvalue weighted by Crippen LogP contribution is -2.11. The molecule has 1 heterocycles. The zero-order valence-corrected chi connectivity index (χ0v) is 13.7. The second-order valence-electron chi connectivity index (χ2n) is 5.03. The van der Waals surface area contributed by atoms with Crippen molar-refractivity contribution in [2.45, 2.75) is 26.9 Å². The normalized spacial score (nSPS) is 10.2. The molecule has 0 aliphatic rings. The first-order chi connectivity index (χ1) is 10.9. The van der Waals surface area contributed by atoms with Gasteiger partial charge in [0.2, 0.25) is 0 Å². The number of carbonyl (C=O) groups is 2. The van der Waals surface area contributed by atoms with E-state index in [0.29, 0.717) is 26.8 Å². The zero-order chi connectivity index (χ0) is 17.0. The van der Waals surface area contributed by atoms with Crippen molar-refractivity contribution in [2.24, 2.45) is 0 Å². The van der Waals surface area contributed by atoms with Crippen LogP contribution >= 0.6 is 11.3 Å². The number of nitriles is 1. The number of ether oxygens (including phenoxy) is 1. The molecule has 0 spiro atoms. The molecule has 118 valence electrons. The summed E-state index contributed by atoms with van der Waals surface area (Å²) < 4.78 is 5.13. The second kappa shape index (κ2) is 7.03. The Morgan fingerprint density at radius 1 is 1.39 bits per heavy atom. The third-order valence-corrected chi connectivity index (χ3v) is 3.85. The Bertz CT molecular complexity index is 790. The lowest BCUT2D eigenvalue weighted by molar-refractivity contribution is 0.0382. The van der Waals surface area contributed by atoms with Crippen LogP contribution in [-0.4, -0.2) is 23.0 Å². The fourth-order valence-electron chi connectivity index (χ4n) is 1.81. The summed E-state index contributed by atoms with van der Waals surface area (Å²) in [6.45, 7) is 5.21. The minimum atomic E-state index is -0.457. The van der Waals surface area contributed by atoms with Crippen LogP contribution in [0.1, 0.15) is 45.1 Å². The Balaban J connectivity index is 2.16.